The fraction of sp³-hybridized carbons (Fsp3) is 0. The van der Waals surface area contributed by atoms with Crippen molar-refractivity contribution in [3.8, 4) is 11.1 Å². The monoisotopic (exact) mass is 203 g/mol. The standard InChI is InChI=1S/C16H11/c1-2-7-13(8-3-1)16-12-6-10-14-9-4-5-11-15(14)16/h1-10,12H. The molecule has 3 aromatic rings. The van der Waals surface area contributed by atoms with Crippen LogP contribution in [0.4, 0.5) is 0 Å². The van der Waals surface area contributed by atoms with Gasteiger partial charge in [0.2, 0.25) is 0 Å². The van der Waals surface area contributed by atoms with E-state index in [1.54, 1.807) is 0 Å². The summed E-state index contributed by atoms with van der Waals surface area (Å²) >= 11 is 0. The van der Waals surface area contributed by atoms with Gasteiger partial charge in [0.15, 0.2) is 0 Å². The Morgan fingerprint density at radius 3 is 2.38 bits per heavy atom. The third-order valence-corrected chi connectivity index (χ3v) is 2.78. The van der Waals surface area contributed by atoms with Crippen LogP contribution in [0.15, 0.2) is 66.7 Å². The van der Waals surface area contributed by atoms with Gasteiger partial charge in [-0.15, -0.1) is 0 Å². The molecule has 0 fully saturated rings. The second kappa shape index (κ2) is 3.82. The van der Waals surface area contributed by atoms with Gasteiger partial charge in [0, 0.05) is 0 Å². The highest BCUT2D eigenvalue weighted by atomic mass is 14.0. The Balaban J connectivity index is 2.32. The summed E-state index contributed by atoms with van der Waals surface area (Å²) in [5, 5.41) is 2.43. The zero-order valence-electron chi connectivity index (χ0n) is 8.85. The highest BCUT2D eigenvalue weighted by molar-refractivity contribution is 5.96. The molecule has 0 saturated heterocycles. The molecule has 0 saturated carbocycles. The summed E-state index contributed by atoms with van der Waals surface area (Å²) in [4.78, 5) is 0. The van der Waals surface area contributed by atoms with Crippen LogP contribution in [0, 0.1) is 6.07 Å². The molecule has 0 atom stereocenters. The van der Waals surface area contributed by atoms with Crippen molar-refractivity contribution in [2.75, 3.05) is 0 Å². The largest absolute Gasteiger partial charge is 0.0622 e. The Labute approximate surface area is 95.2 Å². The van der Waals surface area contributed by atoms with Crippen LogP contribution in [-0.4, -0.2) is 0 Å². The average Bonchev–Trinajstić information content (AvgIpc) is 2.39. The van der Waals surface area contributed by atoms with Crippen molar-refractivity contribution >= 4 is 10.8 Å². The van der Waals surface area contributed by atoms with Crippen molar-refractivity contribution in [3.63, 3.8) is 0 Å². The predicted molar refractivity (Wildman–Crippen MR) is 68.2 cm³/mol. The van der Waals surface area contributed by atoms with Gasteiger partial charge >= 0.3 is 0 Å². The molecule has 0 nitrogen and oxygen atoms in total. The minimum absolute atomic E-state index is 1.19. The van der Waals surface area contributed by atoms with Crippen LogP contribution in [0.25, 0.3) is 21.9 Å². The maximum atomic E-state index is 3.32. The molecule has 0 unspecified atom stereocenters. The third-order valence-electron chi connectivity index (χ3n) is 2.78. The summed E-state index contributed by atoms with van der Waals surface area (Å²) in [5.41, 5.74) is 2.49. The molecule has 0 heteroatoms. The third kappa shape index (κ3) is 1.49. The average molecular weight is 203 g/mol. The molecule has 0 amide bonds. The Kier molecular flexibility index (Phi) is 2.19. The minimum Gasteiger partial charge on any atom is -0.0622 e. The molecule has 0 heterocycles. The highest BCUT2D eigenvalue weighted by Gasteiger charge is 2.01. The van der Waals surface area contributed by atoms with E-state index in [4.69, 9.17) is 0 Å². The minimum atomic E-state index is 1.19. The van der Waals surface area contributed by atoms with Crippen LogP contribution in [0.5, 0.6) is 0 Å². The maximum absolute atomic E-state index is 3.32. The van der Waals surface area contributed by atoms with Crippen LogP contribution in [0.3, 0.4) is 0 Å². The van der Waals surface area contributed by atoms with E-state index in [0.29, 0.717) is 0 Å². The Morgan fingerprint density at radius 1 is 0.688 bits per heavy atom. The van der Waals surface area contributed by atoms with Crippen molar-refractivity contribution in [2.24, 2.45) is 0 Å². The Morgan fingerprint density at radius 2 is 1.50 bits per heavy atom. The lowest BCUT2D eigenvalue weighted by atomic mass is 9.98. The van der Waals surface area contributed by atoms with Gasteiger partial charge in [-0.3, -0.25) is 0 Å². The fourth-order valence-corrected chi connectivity index (χ4v) is 2.01. The van der Waals surface area contributed by atoms with E-state index >= 15 is 0 Å². The lowest BCUT2D eigenvalue weighted by molar-refractivity contribution is 1.65. The first kappa shape index (κ1) is 9.17. The molecule has 3 rings (SSSR count). The second-order valence-corrected chi connectivity index (χ2v) is 3.81. The van der Waals surface area contributed by atoms with Gasteiger partial charge in [-0.25, -0.2) is 0 Å². The van der Waals surface area contributed by atoms with Crippen LogP contribution in [-0.2, 0) is 0 Å². The van der Waals surface area contributed by atoms with Gasteiger partial charge < -0.3 is 0 Å². The van der Waals surface area contributed by atoms with E-state index < -0.39 is 0 Å². The molecule has 3 aromatic carbocycles. The molecular formula is C16H11. The normalized spacial score (nSPS) is 10.5. The molecule has 75 valence electrons. The predicted octanol–water partition coefficient (Wildman–Crippen LogP) is 4.31. The zero-order chi connectivity index (χ0) is 10.8. The van der Waals surface area contributed by atoms with Gasteiger partial charge in [-0.2, -0.15) is 0 Å². The maximum Gasteiger partial charge on any atom is -0.00266 e. The van der Waals surface area contributed by atoms with Gasteiger partial charge in [0.05, 0.1) is 0 Å². The van der Waals surface area contributed by atoms with Crippen LogP contribution < -0.4 is 0 Å². The lowest BCUT2D eigenvalue weighted by Crippen LogP contribution is -1.80. The lowest BCUT2D eigenvalue weighted by Gasteiger charge is -2.05. The summed E-state index contributed by atoms with van der Waals surface area (Å²) in [7, 11) is 0. The number of rotatable bonds is 1. The van der Waals surface area contributed by atoms with E-state index in [1.807, 2.05) is 18.2 Å². The molecule has 0 N–H and O–H groups in total. The number of benzene rings is 3. The quantitative estimate of drug-likeness (QED) is 0.553. The molecular weight excluding hydrogens is 192 g/mol. The van der Waals surface area contributed by atoms with Crippen molar-refractivity contribution < 1.29 is 0 Å². The first-order valence-electron chi connectivity index (χ1n) is 5.40. The van der Waals surface area contributed by atoms with Crippen molar-refractivity contribution in [2.45, 2.75) is 0 Å². The molecule has 0 bridgehead atoms. The molecule has 0 aliphatic heterocycles. The summed E-state index contributed by atoms with van der Waals surface area (Å²) in [6.07, 6.45) is 0. The number of fused-ring (bicyclic) bond motifs is 1. The summed E-state index contributed by atoms with van der Waals surface area (Å²) in [6, 6.07) is 26.2. The molecule has 16 heavy (non-hydrogen) atoms. The van der Waals surface area contributed by atoms with Gasteiger partial charge in [0.25, 0.3) is 0 Å². The fourth-order valence-electron chi connectivity index (χ4n) is 2.01. The highest BCUT2D eigenvalue weighted by Crippen LogP contribution is 2.27. The molecule has 0 spiro atoms. The van der Waals surface area contributed by atoms with E-state index in [2.05, 4.69) is 54.6 Å². The molecule has 0 aliphatic carbocycles. The Bertz CT molecular complexity index is 604. The topological polar surface area (TPSA) is 0 Å². The summed E-state index contributed by atoms with van der Waals surface area (Å²) < 4.78 is 0. The van der Waals surface area contributed by atoms with Crippen LogP contribution >= 0.6 is 0 Å². The zero-order valence-corrected chi connectivity index (χ0v) is 8.85. The first-order valence-corrected chi connectivity index (χ1v) is 5.40. The van der Waals surface area contributed by atoms with Crippen molar-refractivity contribution in [3.05, 3.63) is 72.8 Å². The van der Waals surface area contributed by atoms with E-state index in [0.717, 1.165) is 0 Å². The van der Waals surface area contributed by atoms with Crippen LogP contribution in [0.2, 0.25) is 0 Å². The first-order chi connectivity index (χ1) is 7.95. The van der Waals surface area contributed by atoms with Gasteiger partial charge in [0.1, 0.15) is 0 Å². The second-order valence-electron chi connectivity index (χ2n) is 3.81. The van der Waals surface area contributed by atoms with Gasteiger partial charge in [-0.05, 0) is 28.0 Å². The van der Waals surface area contributed by atoms with Crippen molar-refractivity contribution in [1.82, 2.24) is 0 Å². The molecule has 0 aliphatic rings. The number of hydrogen-bond acceptors (Lipinski definition) is 0. The number of hydrogen-bond donors (Lipinski definition) is 0. The van der Waals surface area contributed by atoms with E-state index in [1.165, 1.54) is 21.9 Å². The SMILES string of the molecule is [c]1cccc2cccc(-c3ccccc3)c12. The molecule has 1 radical (unpaired) electrons. The van der Waals surface area contributed by atoms with Crippen LogP contribution in [0.1, 0.15) is 0 Å². The van der Waals surface area contributed by atoms with E-state index in [-0.39, 0.29) is 0 Å². The van der Waals surface area contributed by atoms with E-state index in [9.17, 15) is 0 Å². The van der Waals surface area contributed by atoms with Gasteiger partial charge in [-0.1, -0.05) is 66.7 Å². The smallest absolute Gasteiger partial charge is 0.00266 e. The summed E-state index contributed by atoms with van der Waals surface area (Å²) in [5.74, 6) is 0. The summed E-state index contributed by atoms with van der Waals surface area (Å²) in [6.45, 7) is 0. The molecule has 0 aromatic heterocycles. The van der Waals surface area contributed by atoms with Crippen molar-refractivity contribution in [1.29, 1.82) is 0 Å². The Hall–Kier alpha value is -2.08.